The monoisotopic (exact) mass is 380 g/mol. The van der Waals surface area contributed by atoms with Crippen LogP contribution in [0.25, 0.3) is 0 Å². The van der Waals surface area contributed by atoms with E-state index in [0.29, 0.717) is 18.3 Å². The number of halogens is 1. The fourth-order valence-electron chi connectivity index (χ4n) is 2.50. The Labute approximate surface area is 157 Å². The van der Waals surface area contributed by atoms with Crippen molar-refractivity contribution in [2.75, 3.05) is 7.11 Å². The van der Waals surface area contributed by atoms with Gasteiger partial charge in [-0.1, -0.05) is 29.4 Å². The molecule has 2 N–H and O–H groups in total. The Morgan fingerprint density at radius 1 is 1.16 bits per heavy atom. The van der Waals surface area contributed by atoms with Crippen molar-refractivity contribution >= 4 is 23.7 Å². The predicted molar refractivity (Wildman–Crippen MR) is 99.7 cm³/mol. The Kier molecular flexibility index (Phi) is 7.39. The molecule has 0 aliphatic heterocycles. The van der Waals surface area contributed by atoms with E-state index in [1.807, 2.05) is 18.2 Å². The predicted octanol–water partition coefficient (Wildman–Crippen LogP) is 3.22. The van der Waals surface area contributed by atoms with Crippen molar-refractivity contribution in [2.24, 2.45) is 5.73 Å². The number of methoxy groups -OCH3 is 1. The largest absolute Gasteiger partial charge is 0.496 e. The summed E-state index contributed by atoms with van der Waals surface area (Å²) in [5.41, 5.74) is 6.66. The number of benzene rings is 1. The van der Waals surface area contributed by atoms with Crippen LogP contribution in [-0.4, -0.2) is 22.2 Å². The lowest BCUT2D eigenvalue weighted by Gasteiger charge is -2.21. The van der Waals surface area contributed by atoms with Crippen LogP contribution in [0.3, 0.4) is 0 Å². The molecular weight excluding hydrogens is 360 g/mol. The van der Waals surface area contributed by atoms with Crippen molar-refractivity contribution in [3.05, 3.63) is 63.9 Å². The van der Waals surface area contributed by atoms with E-state index < -0.39 is 0 Å². The number of rotatable bonds is 8. The number of hydrogen-bond acceptors (Lipinski definition) is 7. The summed E-state index contributed by atoms with van der Waals surface area (Å²) in [4.78, 5) is 7.85. The van der Waals surface area contributed by atoms with Gasteiger partial charge < -0.3 is 15.0 Å². The molecule has 0 fully saturated rings. The maximum atomic E-state index is 5.54. The summed E-state index contributed by atoms with van der Waals surface area (Å²) in [6, 6.07) is 12.2. The molecule has 0 saturated heterocycles. The molecule has 0 unspecified atom stereocenters. The smallest absolute Gasteiger partial charge is 0.240 e. The van der Waals surface area contributed by atoms with Crippen molar-refractivity contribution in [2.45, 2.75) is 26.2 Å². The highest BCUT2D eigenvalue weighted by molar-refractivity contribution is 7.09. The molecule has 2 aromatic heterocycles. The highest BCUT2D eigenvalue weighted by atomic mass is 35.5. The summed E-state index contributed by atoms with van der Waals surface area (Å²) in [7, 11) is 1.69. The number of ether oxygens (including phenoxy) is 1. The van der Waals surface area contributed by atoms with Gasteiger partial charge in [0.1, 0.15) is 5.75 Å². The zero-order valence-electron chi connectivity index (χ0n) is 13.9. The van der Waals surface area contributed by atoms with Crippen LogP contribution in [0.1, 0.15) is 22.2 Å². The van der Waals surface area contributed by atoms with Gasteiger partial charge in [-0.15, -0.1) is 23.7 Å². The van der Waals surface area contributed by atoms with Crippen molar-refractivity contribution in [3.8, 4) is 5.75 Å². The highest BCUT2D eigenvalue weighted by Crippen LogP contribution is 2.22. The van der Waals surface area contributed by atoms with Crippen LogP contribution in [-0.2, 0) is 26.2 Å². The summed E-state index contributed by atoms with van der Waals surface area (Å²) < 4.78 is 10.6. The lowest BCUT2D eigenvalue weighted by molar-refractivity contribution is 0.235. The highest BCUT2D eigenvalue weighted by Gasteiger charge is 2.15. The topological polar surface area (TPSA) is 77.4 Å². The average molecular weight is 381 g/mol. The van der Waals surface area contributed by atoms with Gasteiger partial charge in [0.2, 0.25) is 5.89 Å². The van der Waals surface area contributed by atoms with E-state index in [0.717, 1.165) is 24.4 Å². The van der Waals surface area contributed by atoms with Gasteiger partial charge in [0, 0.05) is 23.5 Å². The molecule has 3 rings (SSSR count). The molecule has 8 heteroatoms. The van der Waals surface area contributed by atoms with Crippen LogP contribution in [0.15, 0.2) is 46.3 Å². The fraction of sp³-hybridized carbons (Fsp3) is 0.294. The molecule has 0 radical (unpaired) electrons. The standard InChI is InChI=1S/C17H20N4O2S.ClH/c1-22-15-7-3-2-5-13(15)10-21(11-14-6-4-8-24-14)12-16-19-17(9-18)23-20-16;/h2-8H,9-12,18H2,1H3;1H. The molecule has 134 valence electrons. The van der Waals surface area contributed by atoms with Crippen molar-refractivity contribution in [3.63, 3.8) is 0 Å². The maximum Gasteiger partial charge on any atom is 0.240 e. The third kappa shape index (κ3) is 5.27. The molecule has 6 nitrogen and oxygen atoms in total. The number of nitrogens with zero attached hydrogens (tertiary/aromatic N) is 3. The molecule has 3 aromatic rings. The van der Waals surface area contributed by atoms with Crippen molar-refractivity contribution in [1.29, 1.82) is 0 Å². The van der Waals surface area contributed by atoms with Gasteiger partial charge in [0.15, 0.2) is 5.82 Å². The molecule has 2 heterocycles. The fourth-order valence-corrected chi connectivity index (χ4v) is 3.25. The Bertz CT molecular complexity index is 764. The second kappa shape index (κ2) is 9.53. The van der Waals surface area contributed by atoms with Crippen molar-refractivity contribution in [1.82, 2.24) is 15.0 Å². The van der Waals surface area contributed by atoms with Gasteiger partial charge in [0.05, 0.1) is 20.2 Å². The minimum atomic E-state index is 0. The van der Waals surface area contributed by atoms with E-state index in [2.05, 4.69) is 38.6 Å². The normalized spacial score (nSPS) is 10.7. The van der Waals surface area contributed by atoms with Gasteiger partial charge in [-0.3, -0.25) is 4.90 Å². The first-order valence-corrected chi connectivity index (χ1v) is 8.54. The molecule has 25 heavy (non-hydrogen) atoms. The second-order valence-corrected chi connectivity index (χ2v) is 6.38. The maximum absolute atomic E-state index is 5.54. The quantitative estimate of drug-likeness (QED) is 0.646. The third-order valence-electron chi connectivity index (χ3n) is 3.60. The van der Waals surface area contributed by atoms with Crippen LogP contribution in [0, 0.1) is 0 Å². The van der Waals surface area contributed by atoms with Gasteiger partial charge in [-0.05, 0) is 17.5 Å². The summed E-state index contributed by atoms with van der Waals surface area (Å²) in [5, 5.41) is 6.09. The number of thiophene rings is 1. The minimum absolute atomic E-state index is 0. The van der Waals surface area contributed by atoms with Crippen LogP contribution in [0.2, 0.25) is 0 Å². The van der Waals surface area contributed by atoms with Crippen LogP contribution < -0.4 is 10.5 Å². The van der Waals surface area contributed by atoms with E-state index in [9.17, 15) is 0 Å². The molecule has 0 saturated carbocycles. The number of nitrogens with two attached hydrogens (primary N) is 1. The Balaban J connectivity index is 0.00000225. The van der Waals surface area contributed by atoms with Gasteiger partial charge in [-0.25, -0.2) is 0 Å². The SMILES string of the molecule is COc1ccccc1CN(Cc1noc(CN)n1)Cc1cccs1.Cl. The summed E-state index contributed by atoms with van der Waals surface area (Å²) in [6.07, 6.45) is 0. The van der Waals surface area contributed by atoms with Crippen molar-refractivity contribution < 1.29 is 9.26 Å². The second-order valence-electron chi connectivity index (χ2n) is 5.34. The van der Waals surface area contributed by atoms with E-state index in [-0.39, 0.29) is 19.0 Å². The Hall–Kier alpha value is -1.93. The lowest BCUT2D eigenvalue weighted by atomic mass is 10.2. The molecule has 0 bridgehead atoms. The van der Waals surface area contributed by atoms with Gasteiger partial charge >= 0.3 is 0 Å². The van der Waals surface area contributed by atoms with E-state index in [1.54, 1.807) is 18.4 Å². The average Bonchev–Trinajstić information content (AvgIpc) is 3.27. The summed E-state index contributed by atoms with van der Waals surface area (Å²) >= 11 is 1.73. The molecule has 0 atom stereocenters. The number of hydrogen-bond donors (Lipinski definition) is 1. The molecule has 1 aromatic carbocycles. The molecule has 0 aliphatic carbocycles. The van der Waals surface area contributed by atoms with E-state index in [4.69, 9.17) is 15.0 Å². The third-order valence-corrected chi connectivity index (χ3v) is 4.46. The Morgan fingerprint density at radius 2 is 2.00 bits per heavy atom. The number of para-hydroxylation sites is 1. The summed E-state index contributed by atoms with van der Waals surface area (Å²) in [6.45, 7) is 2.38. The molecule has 0 amide bonds. The van der Waals surface area contributed by atoms with Crippen LogP contribution in [0.4, 0.5) is 0 Å². The van der Waals surface area contributed by atoms with Gasteiger partial charge in [-0.2, -0.15) is 4.98 Å². The first-order chi connectivity index (χ1) is 11.8. The van der Waals surface area contributed by atoms with Crippen LogP contribution in [0.5, 0.6) is 5.75 Å². The minimum Gasteiger partial charge on any atom is -0.496 e. The zero-order valence-corrected chi connectivity index (χ0v) is 15.6. The van der Waals surface area contributed by atoms with Crippen LogP contribution >= 0.6 is 23.7 Å². The number of aromatic nitrogens is 2. The molecular formula is C17H21ClN4O2S. The first kappa shape index (κ1) is 19.4. The lowest BCUT2D eigenvalue weighted by Crippen LogP contribution is -2.23. The Morgan fingerprint density at radius 3 is 2.68 bits per heavy atom. The van der Waals surface area contributed by atoms with Gasteiger partial charge in [0.25, 0.3) is 0 Å². The zero-order chi connectivity index (χ0) is 16.8. The van der Waals surface area contributed by atoms with E-state index in [1.165, 1.54) is 4.88 Å². The first-order valence-electron chi connectivity index (χ1n) is 7.66. The molecule has 0 aliphatic rings. The molecule has 0 spiro atoms. The summed E-state index contributed by atoms with van der Waals surface area (Å²) in [5.74, 6) is 1.98. The van der Waals surface area contributed by atoms with E-state index >= 15 is 0 Å².